The average molecular weight is 262 g/mol. The zero-order valence-corrected chi connectivity index (χ0v) is 10.8. The molecule has 0 aromatic heterocycles. The standard InChI is InChI=1S/C10H12ClNO3S/c1-7-6-8(10(13)12(2)3)4-5-9(7)16(11,14)15/h4-6H,1-3H3. The predicted octanol–water partition coefficient (Wildman–Crippen LogP) is 1.62. The molecular weight excluding hydrogens is 250 g/mol. The van der Waals surface area contributed by atoms with Crippen molar-refractivity contribution in [2.45, 2.75) is 11.8 Å². The van der Waals surface area contributed by atoms with Crippen molar-refractivity contribution >= 4 is 25.6 Å². The fourth-order valence-corrected chi connectivity index (χ4v) is 2.51. The summed E-state index contributed by atoms with van der Waals surface area (Å²) < 4.78 is 22.3. The number of nitrogens with zero attached hydrogens (tertiary/aromatic N) is 1. The fourth-order valence-electron chi connectivity index (χ4n) is 1.31. The van der Waals surface area contributed by atoms with Crippen LogP contribution in [0.4, 0.5) is 0 Å². The highest BCUT2D eigenvalue weighted by Gasteiger charge is 2.16. The first-order valence-electron chi connectivity index (χ1n) is 4.50. The second-order valence-electron chi connectivity index (χ2n) is 3.62. The van der Waals surface area contributed by atoms with E-state index in [9.17, 15) is 13.2 Å². The molecule has 1 rings (SSSR count). The summed E-state index contributed by atoms with van der Waals surface area (Å²) in [5.74, 6) is -0.179. The maximum atomic E-state index is 11.6. The average Bonchev–Trinajstić information content (AvgIpc) is 2.14. The van der Waals surface area contributed by atoms with Gasteiger partial charge in [-0.3, -0.25) is 4.79 Å². The van der Waals surface area contributed by atoms with Gasteiger partial charge in [0.2, 0.25) is 0 Å². The summed E-state index contributed by atoms with van der Waals surface area (Å²) in [5, 5.41) is 0. The summed E-state index contributed by atoms with van der Waals surface area (Å²) in [6.45, 7) is 1.60. The van der Waals surface area contributed by atoms with E-state index in [1.807, 2.05) is 0 Å². The van der Waals surface area contributed by atoms with Gasteiger partial charge in [-0.2, -0.15) is 0 Å². The van der Waals surface area contributed by atoms with Crippen LogP contribution in [-0.2, 0) is 9.05 Å². The first kappa shape index (κ1) is 13.0. The molecule has 6 heteroatoms. The Bertz CT molecular complexity index is 523. The number of aryl methyl sites for hydroxylation is 1. The Morgan fingerprint density at radius 1 is 1.31 bits per heavy atom. The highest BCUT2D eigenvalue weighted by Crippen LogP contribution is 2.20. The van der Waals surface area contributed by atoms with Crippen LogP contribution in [0.1, 0.15) is 15.9 Å². The van der Waals surface area contributed by atoms with E-state index in [-0.39, 0.29) is 10.8 Å². The van der Waals surface area contributed by atoms with Crippen LogP contribution in [0.25, 0.3) is 0 Å². The molecule has 0 spiro atoms. The van der Waals surface area contributed by atoms with Gasteiger partial charge in [0.1, 0.15) is 0 Å². The van der Waals surface area contributed by atoms with Crippen LogP contribution in [0.3, 0.4) is 0 Å². The Hall–Kier alpha value is -1.07. The van der Waals surface area contributed by atoms with Crippen molar-refractivity contribution in [2.24, 2.45) is 0 Å². The molecule has 0 radical (unpaired) electrons. The fraction of sp³-hybridized carbons (Fsp3) is 0.300. The van der Waals surface area contributed by atoms with Crippen LogP contribution in [-0.4, -0.2) is 33.3 Å². The lowest BCUT2D eigenvalue weighted by atomic mass is 10.1. The van der Waals surface area contributed by atoms with Crippen LogP contribution < -0.4 is 0 Å². The van der Waals surface area contributed by atoms with E-state index in [4.69, 9.17) is 10.7 Å². The lowest BCUT2D eigenvalue weighted by Gasteiger charge is -2.11. The molecule has 0 atom stereocenters. The second-order valence-corrected chi connectivity index (χ2v) is 6.15. The Labute approximate surface area is 99.2 Å². The van der Waals surface area contributed by atoms with E-state index in [0.29, 0.717) is 11.1 Å². The van der Waals surface area contributed by atoms with Crippen LogP contribution in [0.15, 0.2) is 23.1 Å². The molecule has 1 amide bonds. The third-order valence-electron chi connectivity index (χ3n) is 2.09. The van der Waals surface area contributed by atoms with E-state index >= 15 is 0 Å². The summed E-state index contributed by atoms with van der Waals surface area (Å²) >= 11 is 0. The van der Waals surface area contributed by atoms with E-state index < -0.39 is 9.05 Å². The summed E-state index contributed by atoms with van der Waals surface area (Å²) in [5.41, 5.74) is 0.897. The van der Waals surface area contributed by atoms with Crippen LogP contribution >= 0.6 is 10.7 Å². The number of hydrogen-bond acceptors (Lipinski definition) is 3. The van der Waals surface area contributed by atoms with Gasteiger partial charge in [-0.15, -0.1) is 0 Å². The third-order valence-corrected chi connectivity index (χ3v) is 3.57. The number of halogens is 1. The zero-order chi connectivity index (χ0) is 12.5. The largest absolute Gasteiger partial charge is 0.345 e. The van der Waals surface area contributed by atoms with Gasteiger partial charge in [0.25, 0.3) is 15.0 Å². The van der Waals surface area contributed by atoms with Crippen molar-refractivity contribution in [2.75, 3.05) is 14.1 Å². The van der Waals surface area contributed by atoms with Gasteiger partial charge < -0.3 is 4.90 Å². The van der Waals surface area contributed by atoms with Crippen LogP contribution in [0.2, 0.25) is 0 Å². The van der Waals surface area contributed by atoms with Gasteiger partial charge in [-0.25, -0.2) is 8.42 Å². The number of carbonyl (C=O) groups excluding carboxylic acids is 1. The molecule has 0 fully saturated rings. The molecule has 0 bridgehead atoms. The minimum Gasteiger partial charge on any atom is -0.345 e. The molecule has 0 aliphatic carbocycles. The molecule has 0 aliphatic rings. The molecule has 0 unspecified atom stereocenters. The summed E-state index contributed by atoms with van der Waals surface area (Å²) in [6.07, 6.45) is 0. The first-order valence-corrected chi connectivity index (χ1v) is 6.81. The number of benzene rings is 1. The minimum atomic E-state index is -3.75. The van der Waals surface area contributed by atoms with Crippen molar-refractivity contribution in [3.05, 3.63) is 29.3 Å². The van der Waals surface area contributed by atoms with Crippen molar-refractivity contribution in [3.63, 3.8) is 0 Å². The number of rotatable bonds is 2. The molecule has 0 heterocycles. The number of amides is 1. The van der Waals surface area contributed by atoms with E-state index in [0.717, 1.165) is 0 Å². The van der Waals surface area contributed by atoms with Gasteiger partial charge in [0, 0.05) is 30.3 Å². The number of hydrogen-bond donors (Lipinski definition) is 0. The maximum Gasteiger partial charge on any atom is 0.261 e. The Morgan fingerprint density at radius 2 is 1.88 bits per heavy atom. The lowest BCUT2D eigenvalue weighted by Crippen LogP contribution is -2.21. The smallest absolute Gasteiger partial charge is 0.261 e. The molecule has 0 N–H and O–H groups in total. The SMILES string of the molecule is Cc1cc(C(=O)N(C)C)ccc1S(=O)(=O)Cl. The van der Waals surface area contributed by atoms with E-state index in [1.165, 1.54) is 23.1 Å². The van der Waals surface area contributed by atoms with Gasteiger partial charge >= 0.3 is 0 Å². The minimum absolute atomic E-state index is 0.0319. The Kier molecular flexibility index (Phi) is 3.60. The van der Waals surface area contributed by atoms with Gasteiger partial charge in [-0.05, 0) is 30.7 Å². The van der Waals surface area contributed by atoms with Gasteiger partial charge in [0.05, 0.1) is 4.90 Å². The van der Waals surface area contributed by atoms with Crippen molar-refractivity contribution in [1.29, 1.82) is 0 Å². The molecule has 16 heavy (non-hydrogen) atoms. The topological polar surface area (TPSA) is 54.5 Å². The summed E-state index contributed by atoms with van der Waals surface area (Å²) in [7, 11) is 4.74. The Balaban J connectivity index is 3.25. The van der Waals surface area contributed by atoms with E-state index in [2.05, 4.69) is 0 Å². The number of carbonyl (C=O) groups is 1. The molecule has 0 saturated heterocycles. The molecule has 0 saturated carbocycles. The highest BCUT2D eigenvalue weighted by atomic mass is 35.7. The normalized spacial score (nSPS) is 11.2. The van der Waals surface area contributed by atoms with Crippen molar-refractivity contribution in [3.8, 4) is 0 Å². The first-order chi connectivity index (χ1) is 7.23. The van der Waals surface area contributed by atoms with Crippen molar-refractivity contribution < 1.29 is 13.2 Å². The quantitative estimate of drug-likeness (QED) is 0.761. The Morgan fingerprint density at radius 3 is 2.25 bits per heavy atom. The van der Waals surface area contributed by atoms with E-state index in [1.54, 1.807) is 21.0 Å². The predicted molar refractivity (Wildman–Crippen MR) is 62.2 cm³/mol. The maximum absolute atomic E-state index is 11.6. The monoisotopic (exact) mass is 261 g/mol. The second kappa shape index (κ2) is 4.43. The lowest BCUT2D eigenvalue weighted by molar-refractivity contribution is 0.0827. The highest BCUT2D eigenvalue weighted by molar-refractivity contribution is 8.13. The third kappa shape index (κ3) is 2.74. The molecule has 4 nitrogen and oxygen atoms in total. The zero-order valence-electron chi connectivity index (χ0n) is 9.19. The molecule has 1 aromatic carbocycles. The van der Waals surface area contributed by atoms with Crippen molar-refractivity contribution in [1.82, 2.24) is 4.90 Å². The molecule has 1 aromatic rings. The van der Waals surface area contributed by atoms with Gasteiger partial charge in [0.15, 0.2) is 0 Å². The molecule has 88 valence electrons. The molecular formula is C10H12ClNO3S. The van der Waals surface area contributed by atoms with Gasteiger partial charge in [-0.1, -0.05) is 0 Å². The summed E-state index contributed by atoms with van der Waals surface area (Å²) in [4.78, 5) is 13.1. The summed E-state index contributed by atoms with van der Waals surface area (Å²) in [6, 6.07) is 4.30. The van der Waals surface area contributed by atoms with Crippen LogP contribution in [0, 0.1) is 6.92 Å². The van der Waals surface area contributed by atoms with Crippen LogP contribution in [0.5, 0.6) is 0 Å². The molecule has 0 aliphatic heterocycles.